The van der Waals surface area contributed by atoms with Crippen LogP contribution in [0.1, 0.15) is 30.6 Å². The molecule has 0 bridgehead atoms. The minimum absolute atomic E-state index is 0.252. The summed E-state index contributed by atoms with van der Waals surface area (Å²) in [5.74, 6) is -0.252. The highest BCUT2D eigenvalue weighted by molar-refractivity contribution is 9.11. The van der Waals surface area contributed by atoms with E-state index in [0.29, 0.717) is 12.0 Å². The summed E-state index contributed by atoms with van der Waals surface area (Å²) in [5, 5.41) is 11.7. The van der Waals surface area contributed by atoms with Gasteiger partial charge in [0.25, 0.3) is 5.91 Å². The Kier molecular flexibility index (Phi) is 4.72. The number of carbonyl (C=O) groups excluding carboxylic acids is 1. The molecule has 0 aliphatic heterocycles. The first-order valence-electron chi connectivity index (χ1n) is 5.10. The monoisotopic (exact) mass is 358 g/mol. The van der Waals surface area contributed by atoms with E-state index in [0.717, 1.165) is 8.95 Å². The van der Waals surface area contributed by atoms with Crippen LogP contribution >= 0.6 is 31.9 Å². The second kappa shape index (κ2) is 5.65. The Bertz CT molecular complexity index is 462. The molecule has 1 unspecified atom stereocenters. The summed E-state index contributed by atoms with van der Waals surface area (Å²) in [7, 11) is 0. The Morgan fingerprint density at radius 2 is 1.94 bits per heavy atom. The Balaban J connectivity index is 2.95. The Hall–Kier alpha value is -0.860. The molecule has 17 heavy (non-hydrogen) atoms. The molecule has 0 radical (unpaired) electrons. The smallest absolute Gasteiger partial charge is 0.252 e. The molecule has 1 N–H and O–H groups in total. The largest absolute Gasteiger partial charge is 0.334 e. The molecular weight excluding hydrogens is 348 g/mol. The average Bonchev–Trinajstić information content (AvgIpc) is 2.27. The normalized spacial score (nSPS) is 13.6. The van der Waals surface area contributed by atoms with Crippen LogP contribution in [0.3, 0.4) is 0 Å². The SMILES string of the molecule is CCC(C)(C#N)NC(=O)c1cc(Br)cc(Br)c1. The molecule has 0 heterocycles. The van der Waals surface area contributed by atoms with E-state index in [4.69, 9.17) is 5.26 Å². The molecule has 0 aromatic heterocycles. The standard InChI is InChI=1S/C12H12Br2N2O/c1-3-12(2,7-15)16-11(17)8-4-9(13)6-10(14)5-8/h4-6H,3H2,1-2H3,(H,16,17). The summed E-state index contributed by atoms with van der Waals surface area (Å²) in [5.41, 5.74) is -0.313. The van der Waals surface area contributed by atoms with E-state index in [1.165, 1.54) is 0 Å². The van der Waals surface area contributed by atoms with Crippen molar-refractivity contribution in [2.24, 2.45) is 0 Å². The third-order valence-corrected chi connectivity index (χ3v) is 3.38. The van der Waals surface area contributed by atoms with E-state index in [1.54, 1.807) is 19.1 Å². The molecule has 1 atom stereocenters. The van der Waals surface area contributed by atoms with Crippen LogP contribution in [-0.2, 0) is 0 Å². The Morgan fingerprint density at radius 3 is 2.35 bits per heavy atom. The summed E-state index contributed by atoms with van der Waals surface area (Å²) >= 11 is 6.64. The van der Waals surface area contributed by atoms with Gasteiger partial charge < -0.3 is 5.32 Å². The average molecular weight is 360 g/mol. The van der Waals surface area contributed by atoms with Crippen LogP contribution < -0.4 is 5.32 Å². The number of hydrogen-bond acceptors (Lipinski definition) is 2. The molecule has 1 rings (SSSR count). The van der Waals surface area contributed by atoms with Crippen LogP contribution in [0.25, 0.3) is 0 Å². The number of nitriles is 1. The lowest BCUT2D eigenvalue weighted by molar-refractivity contribution is 0.0923. The van der Waals surface area contributed by atoms with Crippen molar-refractivity contribution in [2.45, 2.75) is 25.8 Å². The van der Waals surface area contributed by atoms with Crippen molar-refractivity contribution >= 4 is 37.8 Å². The third-order valence-electron chi connectivity index (χ3n) is 2.47. The maximum Gasteiger partial charge on any atom is 0.252 e. The molecular formula is C12H12Br2N2O. The molecule has 1 aromatic rings. The summed E-state index contributed by atoms with van der Waals surface area (Å²) in [6.07, 6.45) is 0.560. The summed E-state index contributed by atoms with van der Waals surface area (Å²) in [6, 6.07) is 7.38. The summed E-state index contributed by atoms with van der Waals surface area (Å²) in [6.45, 7) is 3.57. The molecule has 90 valence electrons. The van der Waals surface area contributed by atoms with Crippen molar-refractivity contribution in [3.8, 4) is 6.07 Å². The molecule has 1 aromatic carbocycles. The fraction of sp³-hybridized carbons (Fsp3) is 0.333. The van der Waals surface area contributed by atoms with Gasteiger partial charge >= 0.3 is 0 Å². The number of nitrogens with one attached hydrogen (secondary N) is 1. The first-order chi connectivity index (χ1) is 7.90. The van der Waals surface area contributed by atoms with Crippen LogP contribution in [0, 0.1) is 11.3 Å². The zero-order valence-electron chi connectivity index (χ0n) is 9.55. The lowest BCUT2D eigenvalue weighted by Crippen LogP contribution is -2.44. The van der Waals surface area contributed by atoms with Crippen LogP contribution in [0.5, 0.6) is 0 Å². The van der Waals surface area contributed by atoms with Crippen molar-refractivity contribution in [3.05, 3.63) is 32.7 Å². The van der Waals surface area contributed by atoms with Crippen LogP contribution in [0.15, 0.2) is 27.1 Å². The minimum atomic E-state index is -0.828. The van der Waals surface area contributed by atoms with Gasteiger partial charge in [-0.25, -0.2) is 0 Å². The number of halogens is 2. The molecule has 0 spiro atoms. The predicted octanol–water partition coefficient (Wildman–Crippen LogP) is 3.63. The van der Waals surface area contributed by atoms with E-state index in [9.17, 15) is 4.79 Å². The van der Waals surface area contributed by atoms with Gasteiger partial charge in [0.1, 0.15) is 5.54 Å². The maximum atomic E-state index is 12.0. The number of amides is 1. The minimum Gasteiger partial charge on any atom is -0.334 e. The van der Waals surface area contributed by atoms with Gasteiger partial charge in [-0.2, -0.15) is 5.26 Å². The highest BCUT2D eigenvalue weighted by Gasteiger charge is 2.24. The van der Waals surface area contributed by atoms with E-state index in [2.05, 4.69) is 43.2 Å². The first kappa shape index (κ1) is 14.2. The Labute approximate surface area is 117 Å². The number of benzene rings is 1. The van der Waals surface area contributed by atoms with Gasteiger partial charge in [-0.3, -0.25) is 4.79 Å². The van der Waals surface area contributed by atoms with Crippen molar-refractivity contribution in [3.63, 3.8) is 0 Å². The van der Waals surface area contributed by atoms with Crippen molar-refractivity contribution in [1.29, 1.82) is 5.26 Å². The lowest BCUT2D eigenvalue weighted by Gasteiger charge is -2.21. The number of carbonyl (C=O) groups is 1. The third kappa shape index (κ3) is 3.83. The van der Waals surface area contributed by atoms with E-state index >= 15 is 0 Å². The van der Waals surface area contributed by atoms with E-state index in [1.807, 2.05) is 13.0 Å². The van der Waals surface area contributed by atoms with Gasteiger partial charge in [0.2, 0.25) is 0 Å². The molecule has 0 fully saturated rings. The number of rotatable bonds is 3. The molecule has 5 heteroatoms. The molecule has 0 saturated heterocycles. The zero-order valence-corrected chi connectivity index (χ0v) is 12.7. The van der Waals surface area contributed by atoms with Crippen molar-refractivity contribution in [2.75, 3.05) is 0 Å². The highest BCUT2D eigenvalue weighted by atomic mass is 79.9. The summed E-state index contributed by atoms with van der Waals surface area (Å²) < 4.78 is 1.62. The first-order valence-corrected chi connectivity index (χ1v) is 6.68. The maximum absolute atomic E-state index is 12.0. The fourth-order valence-electron chi connectivity index (χ4n) is 1.20. The fourth-order valence-corrected chi connectivity index (χ4v) is 2.50. The quantitative estimate of drug-likeness (QED) is 0.895. The predicted molar refractivity (Wildman–Crippen MR) is 73.6 cm³/mol. The number of nitrogens with zero attached hydrogens (tertiary/aromatic N) is 1. The molecule has 0 aliphatic rings. The molecule has 3 nitrogen and oxygen atoms in total. The van der Waals surface area contributed by atoms with Crippen molar-refractivity contribution in [1.82, 2.24) is 5.32 Å². The number of hydrogen-bond donors (Lipinski definition) is 1. The van der Waals surface area contributed by atoms with Crippen molar-refractivity contribution < 1.29 is 4.79 Å². The van der Waals surface area contributed by atoms with Crippen LogP contribution in [0.4, 0.5) is 0 Å². The van der Waals surface area contributed by atoms with E-state index < -0.39 is 5.54 Å². The van der Waals surface area contributed by atoms with Gasteiger partial charge in [-0.1, -0.05) is 38.8 Å². The van der Waals surface area contributed by atoms with Gasteiger partial charge in [0.15, 0.2) is 0 Å². The topological polar surface area (TPSA) is 52.9 Å². The molecule has 1 amide bonds. The lowest BCUT2D eigenvalue weighted by atomic mass is 10.0. The van der Waals surface area contributed by atoms with Gasteiger partial charge in [-0.05, 0) is 31.5 Å². The summed E-state index contributed by atoms with van der Waals surface area (Å²) in [4.78, 5) is 12.0. The van der Waals surface area contributed by atoms with Crippen LogP contribution in [-0.4, -0.2) is 11.4 Å². The van der Waals surface area contributed by atoms with Gasteiger partial charge in [0, 0.05) is 14.5 Å². The molecule has 0 aliphatic carbocycles. The zero-order chi connectivity index (χ0) is 13.1. The van der Waals surface area contributed by atoms with Gasteiger partial charge in [-0.15, -0.1) is 0 Å². The molecule has 0 saturated carbocycles. The highest BCUT2D eigenvalue weighted by Crippen LogP contribution is 2.20. The second-order valence-electron chi connectivity index (χ2n) is 3.91. The van der Waals surface area contributed by atoms with Crippen LogP contribution in [0.2, 0.25) is 0 Å². The second-order valence-corrected chi connectivity index (χ2v) is 5.74. The Morgan fingerprint density at radius 1 is 1.41 bits per heavy atom. The van der Waals surface area contributed by atoms with Gasteiger partial charge in [0.05, 0.1) is 6.07 Å². The van der Waals surface area contributed by atoms with E-state index in [-0.39, 0.29) is 5.91 Å².